The molecule has 0 saturated carbocycles. The minimum absolute atomic E-state index is 0.0720. The molecule has 17 heavy (non-hydrogen) atoms. The van der Waals surface area contributed by atoms with E-state index in [0.29, 0.717) is 23.8 Å². The van der Waals surface area contributed by atoms with Gasteiger partial charge in [-0.25, -0.2) is 0 Å². The van der Waals surface area contributed by atoms with Crippen molar-refractivity contribution in [1.82, 2.24) is 0 Å². The molecule has 0 aromatic heterocycles. The number of aliphatic hydroxyl groups excluding tert-OH is 1. The van der Waals surface area contributed by atoms with E-state index in [-0.39, 0.29) is 12.3 Å². The van der Waals surface area contributed by atoms with Gasteiger partial charge in [0.05, 0.1) is 17.4 Å². The van der Waals surface area contributed by atoms with Gasteiger partial charge in [-0.2, -0.15) is 0 Å². The Balaban J connectivity index is 0.00000121. The van der Waals surface area contributed by atoms with Crippen LogP contribution in [0.4, 0.5) is 5.69 Å². The molecule has 0 aliphatic rings. The number of nitrogens with zero attached hydrogens (tertiary/aromatic N) is 1. The minimum atomic E-state index is -0.523. The van der Waals surface area contributed by atoms with Crippen LogP contribution in [0.3, 0.4) is 0 Å². The highest BCUT2D eigenvalue weighted by Gasteiger charge is 2.10. The number of halogens is 1. The first kappa shape index (κ1) is 15.7. The van der Waals surface area contributed by atoms with Crippen LogP contribution in [-0.4, -0.2) is 22.5 Å². The molecule has 0 radical (unpaired) electrons. The lowest BCUT2D eigenvalue weighted by Gasteiger charge is -2.08. The number of ether oxygens (including phenoxy) is 1. The minimum Gasteiger partial charge on any atom is -0.492 e. The number of benzene rings is 1. The van der Waals surface area contributed by atoms with Crippen molar-refractivity contribution < 1.29 is 14.8 Å². The average Bonchev–Trinajstić information content (AvgIpc) is 2.38. The number of nitro groups is 1. The lowest BCUT2D eigenvalue weighted by atomic mass is 10.2. The van der Waals surface area contributed by atoms with E-state index in [1.165, 1.54) is 18.2 Å². The first-order valence-corrected chi connectivity index (χ1v) is 5.79. The van der Waals surface area contributed by atoms with Crippen LogP contribution in [0.15, 0.2) is 18.2 Å². The van der Waals surface area contributed by atoms with Gasteiger partial charge >= 0.3 is 0 Å². The zero-order valence-corrected chi connectivity index (χ0v) is 10.6. The molecule has 1 aromatic carbocycles. The Morgan fingerprint density at radius 3 is 2.59 bits per heavy atom. The molecule has 0 unspecified atom stereocenters. The molecule has 1 rings (SSSR count). The Kier molecular flexibility index (Phi) is 8.09. The fraction of sp³-hybridized carbons (Fsp3) is 0.455. The van der Waals surface area contributed by atoms with Gasteiger partial charge in [0.25, 0.3) is 5.69 Å². The second-order valence-electron chi connectivity index (χ2n) is 2.74. The molecule has 6 heteroatoms. The van der Waals surface area contributed by atoms with Gasteiger partial charge in [0, 0.05) is 17.7 Å². The SMILES string of the molecule is CC.O=[N+]([O-])c1ccc(OCCCl)c(CO)c1. The lowest BCUT2D eigenvalue weighted by Crippen LogP contribution is -2.02. The van der Waals surface area contributed by atoms with Crippen molar-refractivity contribution in [2.45, 2.75) is 20.5 Å². The van der Waals surface area contributed by atoms with Gasteiger partial charge in [0.15, 0.2) is 0 Å². The molecule has 0 spiro atoms. The van der Waals surface area contributed by atoms with Gasteiger partial charge in [-0.3, -0.25) is 10.1 Å². The van der Waals surface area contributed by atoms with E-state index in [4.69, 9.17) is 21.4 Å². The van der Waals surface area contributed by atoms with Crippen LogP contribution in [0.25, 0.3) is 0 Å². The van der Waals surface area contributed by atoms with Crippen molar-refractivity contribution in [3.8, 4) is 5.75 Å². The molecule has 1 aromatic rings. The van der Waals surface area contributed by atoms with E-state index in [2.05, 4.69) is 0 Å². The molecule has 0 heterocycles. The molecule has 0 fully saturated rings. The quantitative estimate of drug-likeness (QED) is 0.502. The van der Waals surface area contributed by atoms with Crippen LogP contribution >= 0.6 is 11.6 Å². The van der Waals surface area contributed by atoms with Crippen molar-refractivity contribution in [1.29, 1.82) is 0 Å². The Morgan fingerprint density at radius 2 is 2.12 bits per heavy atom. The van der Waals surface area contributed by atoms with E-state index in [9.17, 15) is 10.1 Å². The van der Waals surface area contributed by atoms with E-state index in [0.717, 1.165) is 0 Å². The van der Waals surface area contributed by atoms with Crippen LogP contribution in [0.1, 0.15) is 19.4 Å². The zero-order chi connectivity index (χ0) is 13.3. The van der Waals surface area contributed by atoms with Crippen molar-refractivity contribution in [3.63, 3.8) is 0 Å². The first-order valence-electron chi connectivity index (χ1n) is 5.26. The van der Waals surface area contributed by atoms with Gasteiger partial charge in [0.2, 0.25) is 0 Å². The third kappa shape index (κ3) is 5.01. The molecule has 5 nitrogen and oxygen atoms in total. The van der Waals surface area contributed by atoms with Gasteiger partial charge in [-0.05, 0) is 6.07 Å². The largest absolute Gasteiger partial charge is 0.492 e. The Hall–Kier alpha value is -1.33. The fourth-order valence-corrected chi connectivity index (χ4v) is 1.17. The number of non-ortho nitro benzene ring substituents is 1. The summed E-state index contributed by atoms with van der Waals surface area (Å²) in [5, 5.41) is 19.4. The second-order valence-corrected chi connectivity index (χ2v) is 3.12. The van der Waals surface area contributed by atoms with Gasteiger partial charge in [0.1, 0.15) is 12.4 Å². The van der Waals surface area contributed by atoms with Crippen molar-refractivity contribution in [3.05, 3.63) is 33.9 Å². The molecule has 0 atom stereocenters. The molecule has 0 amide bonds. The molecule has 0 bridgehead atoms. The summed E-state index contributed by atoms with van der Waals surface area (Å²) in [6.07, 6.45) is 0. The van der Waals surface area contributed by atoms with Crippen molar-refractivity contribution in [2.24, 2.45) is 0 Å². The predicted octanol–water partition coefficient (Wildman–Crippen LogP) is 2.73. The number of hydrogen-bond acceptors (Lipinski definition) is 4. The smallest absolute Gasteiger partial charge is 0.270 e. The first-order chi connectivity index (χ1) is 8.19. The van der Waals surface area contributed by atoms with Crippen LogP contribution in [0.2, 0.25) is 0 Å². The highest BCUT2D eigenvalue weighted by atomic mass is 35.5. The third-order valence-corrected chi connectivity index (χ3v) is 1.91. The second kappa shape index (κ2) is 8.78. The van der Waals surface area contributed by atoms with E-state index in [1.807, 2.05) is 13.8 Å². The number of aliphatic hydroxyl groups is 1. The van der Waals surface area contributed by atoms with E-state index in [1.54, 1.807) is 0 Å². The zero-order valence-electron chi connectivity index (χ0n) is 9.85. The number of hydrogen-bond donors (Lipinski definition) is 1. The predicted molar refractivity (Wildman–Crippen MR) is 66.6 cm³/mol. The standard InChI is InChI=1S/C9H10ClNO4.C2H6/c10-3-4-15-9-2-1-8(11(13)14)5-7(9)6-12;1-2/h1-2,5,12H,3-4,6H2;1-2H3. The van der Waals surface area contributed by atoms with Crippen molar-refractivity contribution in [2.75, 3.05) is 12.5 Å². The molecule has 0 aliphatic heterocycles. The van der Waals surface area contributed by atoms with Crippen LogP contribution in [-0.2, 0) is 6.61 Å². The number of alkyl halides is 1. The summed E-state index contributed by atoms with van der Waals surface area (Å²) < 4.78 is 5.20. The van der Waals surface area contributed by atoms with Crippen LogP contribution in [0, 0.1) is 10.1 Å². The maximum absolute atomic E-state index is 10.5. The molecule has 0 saturated heterocycles. The molecular weight excluding hydrogens is 246 g/mol. The molecule has 0 aliphatic carbocycles. The number of nitro benzene ring substituents is 1. The van der Waals surface area contributed by atoms with Gasteiger partial charge in [-0.1, -0.05) is 13.8 Å². The Labute approximate surface area is 105 Å². The average molecular weight is 262 g/mol. The summed E-state index contributed by atoms with van der Waals surface area (Å²) in [7, 11) is 0. The summed E-state index contributed by atoms with van der Waals surface area (Å²) in [5.41, 5.74) is 0.312. The van der Waals surface area contributed by atoms with Crippen LogP contribution in [0.5, 0.6) is 5.75 Å². The van der Waals surface area contributed by atoms with Gasteiger partial charge < -0.3 is 9.84 Å². The maximum atomic E-state index is 10.5. The normalized spacial score (nSPS) is 9.18. The maximum Gasteiger partial charge on any atom is 0.270 e. The van der Waals surface area contributed by atoms with Gasteiger partial charge in [-0.15, -0.1) is 11.6 Å². The summed E-state index contributed by atoms with van der Waals surface area (Å²) in [4.78, 5) is 9.93. The van der Waals surface area contributed by atoms with Crippen LogP contribution < -0.4 is 4.74 Å². The summed E-state index contributed by atoms with van der Waals surface area (Å²) in [5.74, 6) is 0.741. The van der Waals surface area contributed by atoms with E-state index < -0.39 is 4.92 Å². The summed E-state index contributed by atoms with van der Waals surface area (Å²) >= 11 is 5.43. The Morgan fingerprint density at radius 1 is 1.47 bits per heavy atom. The monoisotopic (exact) mass is 261 g/mol. The molecule has 1 N–H and O–H groups in total. The molecular formula is C11H16ClNO4. The molecule has 96 valence electrons. The highest BCUT2D eigenvalue weighted by Crippen LogP contribution is 2.24. The topological polar surface area (TPSA) is 72.6 Å². The lowest BCUT2D eigenvalue weighted by molar-refractivity contribution is -0.385. The summed E-state index contributed by atoms with van der Waals surface area (Å²) in [6.45, 7) is 3.99. The van der Waals surface area contributed by atoms with Crippen molar-refractivity contribution >= 4 is 17.3 Å². The third-order valence-electron chi connectivity index (χ3n) is 1.76. The fourth-order valence-electron chi connectivity index (χ4n) is 1.09. The summed E-state index contributed by atoms with van der Waals surface area (Å²) in [6, 6.07) is 4.06. The Bertz CT molecular complexity index is 357. The van der Waals surface area contributed by atoms with E-state index >= 15 is 0 Å². The highest BCUT2D eigenvalue weighted by molar-refractivity contribution is 6.18. The number of rotatable bonds is 5.